The fourth-order valence-corrected chi connectivity index (χ4v) is 2.37. The van der Waals surface area contributed by atoms with E-state index in [0.29, 0.717) is 12.0 Å². The second kappa shape index (κ2) is 3.18. The third kappa shape index (κ3) is 1.79. The van der Waals surface area contributed by atoms with E-state index < -0.39 is 17.7 Å². The number of ketones is 1. The van der Waals surface area contributed by atoms with Gasteiger partial charge in [0.05, 0.1) is 6.54 Å². The van der Waals surface area contributed by atoms with Gasteiger partial charge in [-0.15, -0.1) is 0 Å². The van der Waals surface area contributed by atoms with E-state index in [9.17, 15) is 18.0 Å². The summed E-state index contributed by atoms with van der Waals surface area (Å²) < 4.78 is 37.7. The average molecular weight is 231 g/mol. The van der Waals surface area contributed by atoms with Gasteiger partial charge in [-0.25, -0.2) is 0 Å². The van der Waals surface area contributed by atoms with Gasteiger partial charge in [0.2, 0.25) is 0 Å². The van der Waals surface area contributed by atoms with Crippen molar-refractivity contribution in [1.29, 1.82) is 0 Å². The zero-order valence-corrected chi connectivity index (χ0v) is 9.11. The first-order valence-corrected chi connectivity index (χ1v) is 5.08. The van der Waals surface area contributed by atoms with Crippen molar-refractivity contribution in [2.75, 3.05) is 6.54 Å². The topological polar surface area (TPSA) is 29.4 Å². The third-order valence-corrected chi connectivity index (χ3v) is 2.90. The molecular weight excluding hydrogens is 219 g/mol. The molecule has 1 aliphatic heterocycles. The van der Waals surface area contributed by atoms with Crippen LogP contribution in [-0.4, -0.2) is 24.2 Å². The number of alkyl halides is 3. The van der Waals surface area contributed by atoms with Crippen molar-refractivity contribution >= 4 is 11.5 Å². The van der Waals surface area contributed by atoms with Crippen LogP contribution in [0.15, 0.2) is 16.1 Å². The van der Waals surface area contributed by atoms with Gasteiger partial charge >= 0.3 is 6.18 Å². The van der Waals surface area contributed by atoms with Crippen LogP contribution in [0.3, 0.4) is 0 Å². The second-order valence-electron chi connectivity index (χ2n) is 5.08. The first-order valence-electron chi connectivity index (χ1n) is 5.08. The minimum absolute atomic E-state index is 0.0271. The molecule has 0 radical (unpaired) electrons. The number of rotatable bonds is 0. The van der Waals surface area contributed by atoms with E-state index in [1.165, 1.54) is 0 Å². The SMILES string of the molecule is CC1(C)CC(=O)C2=C(CN=C2C(F)(F)F)C1. The number of hydrogen-bond donors (Lipinski definition) is 0. The van der Waals surface area contributed by atoms with Gasteiger partial charge in [-0.05, 0) is 17.4 Å². The second-order valence-corrected chi connectivity index (χ2v) is 5.08. The smallest absolute Gasteiger partial charge is 0.294 e. The quantitative estimate of drug-likeness (QED) is 0.630. The molecule has 16 heavy (non-hydrogen) atoms. The molecule has 0 fully saturated rings. The minimum atomic E-state index is -4.51. The van der Waals surface area contributed by atoms with Crippen molar-refractivity contribution in [3.05, 3.63) is 11.1 Å². The lowest BCUT2D eigenvalue weighted by molar-refractivity contribution is -0.118. The van der Waals surface area contributed by atoms with Crippen LogP contribution in [0.5, 0.6) is 0 Å². The Morgan fingerprint density at radius 2 is 1.88 bits per heavy atom. The van der Waals surface area contributed by atoms with Crippen molar-refractivity contribution in [3.63, 3.8) is 0 Å². The van der Waals surface area contributed by atoms with Gasteiger partial charge in [0.25, 0.3) is 0 Å². The molecule has 1 aliphatic carbocycles. The number of carbonyl (C=O) groups excluding carboxylic acids is 1. The number of Topliss-reactive ketones (excluding diaryl/α,β-unsaturated/α-hetero) is 1. The molecular formula is C11H12F3NO. The molecule has 5 heteroatoms. The summed E-state index contributed by atoms with van der Waals surface area (Å²) in [6, 6.07) is 0. The average Bonchev–Trinajstić information content (AvgIpc) is 2.43. The molecule has 0 saturated heterocycles. The zero-order chi connectivity index (χ0) is 12.1. The van der Waals surface area contributed by atoms with Crippen molar-refractivity contribution in [3.8, 4) is 0 Å². The van der Waals surface area contributed by atoms with Gasteiger partial charge in [0.15, 0.2) is 5.78 Å². The summed E-state index contributed by atoms with van der Waals surface area (Å²) in [7, 11) is 0. The van der Waals surface area contributed by atoms with Crippen molar-refractivity contribution < 1.29 is 18.0 Å². The highest BCUT2D eigenvalue weighted by Gasteiger charge is 2.46. The number of aliphatic imine (C=N–C) groups is 1. The molecule has 0 N–H and O–H groups in total. The molecule has 0 unspecified atom stereocenters. The van der Waals surface area contributed by atoms with Crippen LogP contribution < -0.4 is 0 Å². The number of allylic oxidation sites excluding steroid dienone is 1. The first-order chi connectivity index (χ1) is 7.21. The summed E-state index contributed by atoms with van der Waals surface area (Å²) in [5, 5.41) is 0. The zero-order valence-electron chi connectivity index (χ0n) is 9.11. The van der Waals surface area contributed by atoms with Gasteiger partial charge in [-0.1, -0.05) is 13.8 Å². The van der Waals surface area contributed by atoms with Gasteiger partial charge in [-0.2, -0.15) is 13.2 Å². The normalized spacial score (nSPS) is 24.6. The Balaban J connectivity index is 2.40. The van der Waals surface area contributed by atoms with E-state index in [-0.39, 0.29) is 24.0 Å². The fraction of sp³-hybridized carbons (Fsp3) is 0.636. The Hall–Kier alpha value is -1.13. The Bertz CT molecular complexity index is 415. The minimum Gasteiger partial charge on any atom is -0.294 e. The molecule has 0 bridgehead atoms. The van der Waals surface area contributed by atoms with Crippen molar-refractivity contribution in [2.45, 2.75) is 32.9 Å². The van der Waals surface area contributed by atoms with Crippen LogP contribution in [0, 0.1) is 5.41 Å². The molecule has 0 aromatic carbocycles. The number of nitrogens with zero attached hydrogens (tertiary/aromatic N) is 1. The van der Waals surface area contributed by atoms with E-state index >= 15 is 0 Å². The lowest BCUT2D eigenvalue weighted by Gasteiger charge is -2.29. The highest BCUT2D eigenvalue weighted by Crippen LogP contribution is 2.41. The molecule has 0 aromatic rings. The van der Waals surface area contributed by atoms with E-state index in [0.717, 1.165) is 0 Å². The van der Waals surface area contributed by atoms with Crippen LogP contribution in [0.1, 0.15) is 26.7 Å². The lowest BCUT2D eigenvalue weighted by Crippen LogP contribution is -2.32. The largest absolute Gasteiger partial charge is 0.433 e. The van der Waals surface area contributed by atoms with Crippen molar-refractivity contribution in [2.24, 2.45) is 10.4 Å². The maximum Gasteiger partial charge on any atom is 0.433 e. The summed E-state index contributed by atoms with van der Waals surface area (Å²) >= 11 is 0. The van der Waals surface area contributed by atoms with Crippen LogP contribution in [0.2, 0.25) is 0 Å². The molecule has 2 aliphatic rings. The third-order valence-electron chi connectivity index (χ3n) is 2.90. The first kappa shape index (κ1) is 11.4. The van der Waals surface area contributed by atoms with Gasteiger partial charge in [0.1, 0.15) is 5.71 Å². The van der Waals surface area contributed by atoms with E-state index in [1.807, 2.05) is 13.8 Å². The Morgan fingerprint density at radius 1 is 1.25 bits per heavy atom. The number of halogens is 3. The Labute approximate surface area is 91.2 Å². The van der Waals surface area contributed by atoms with E-state index in [4.69, 9.17) is 0 Å². The van der Waals surface area contributed by atoms with Gasteiger partial charge in [0, 0.05) is 12.0 Å². The highest BCUT2D eigenvalue weighted by atomic mass is 19.4. The molecule has 1 heterocycles. The number of hydrogen-bond acceptors (Lipinski definition) is 2. The lowest BCUT2D eigenvalue weighted by atomic mass is 9.73. The van der Waals surface area contributed by atoms with Gasteiger partial charge < -0.3 is 0 Å². The standard InChI is InChI=1S/C11H12F3NO/c1-10(2)3-6-5-15-9(11(12,13)14)8(6)7(16)4-10/h3-5H2,1-2H3. The molecule has 0 atom stereocenters. The van der Waals surface area contributed by atoms with Crippen molar-refractivity contribution in [1.82, 2.24) is 0 Å². The highest BCUT2D eigenvalue weighted by molar-refractivity contribution is 6.26. The Kier molecular flexibility index (Phi) is 2.26. The molecule has 88 valence electrons. The summed E-state index contributed by atoms with van der Waals surface area (Å²) in [5.41, 5.74) is -0.824. The predicted octanol–water partition coefficient (Wildman–Crippen LogP) is 2.69. The molecule has 0 spiro atoms. The fourth-order valence-electron chi connectivity index (χ4n) is 2.37. The maximum absolute atomic E-state index is 12.6. The maximum atomic E-state index is 12.6. The molecule has 2 rings (SSSR count). The molecule has 0 aromatic heterocycles. The number of carbonyl (C=O) groups is 1. The molecule has 0 amide bonds. The predicted molar refractivity (Wildman–Crippen MR) is 53.4 cm³/mol. The monoisotopic (exact) mass is 231 g/mol. The summed E-state index contributed by atoms with van der Waals surface area (Å²) in [4.78, 5) is 15.2. The molecule has 0 saturated carbocycles. The van der Waals surface area contributed by atoms with Crippen LogP contribution >= 0.6 is 0 Å². The Morgan fingerprint density at radius 3 is 2.44 bits per heavy atom. The van der Waals surface area contributed by atoms with Crippen LogP contribution in [-0.2, 0) is 4.79 Å². The summed E-state index contributed by atoms with van der Waals surface area (Å²) in [5.74, 6) is -0.417. The van der Waals surface area contributed by atoms with Crippen LogP contribution in [0.25, 0.3) is 0 Å². The molecule has 2 nitrogen and oxygen atoms in total. The van der Waals surface area contributed by atoms with E-state index in [1.54, 1.807) is 0 Å². The van der Waals surface area contributed by atoms with Gasteiger partial charge in [-0.3, -0.25) is 9.79 Å². The van der Waals surface area contributed by atoms with E-state index in [2.05, 4.69) is 4.99 Å². The van der Waals surface area contributed by atoms with Crippen LogP contribution in [0.4, 0.5) is 13.2 Å². The summed E-state index contributed by atoms with van der Waals surface area (Å²) in [6.45, 7) is 3.81. The summed E-state index contributed by atoms with van der Waals surface area (Å²) in [6.07, 6.45) is -3.81.